The second-order valence-electron chi connectivity index (χ2n) is 9.43. The van der Waals surface area contributed by atoms with Crippen molar-refractivity contribution in [3.63, 3.8) is 0 Å². The van der Waals surface area contributed by atoms with Crippen molar-refractivity contribution >= 4 is 50.4 Å². The Balaban J connectivity index is 1.90. The molecule has 2 aromatic carbocycles. The van der Waals surface area contributed by atoms with Gasteiger partial charge in [-0.05, 0) is 56.7 Å². The number of fused-ring (bicyclic) bond motifs is 2. The number of nitrogens with zero attached hydrogens (tertiary/aromatic N) is 3. The number of likely N-dealkylation sites (N-methyl/N-ethyl adjacent to an activating group) is 1. The number of aromatic nitrogens is 1. The summed E-state index contributed by atoms with van der Waals surface area (Å²) in [7, 11) is 3.08. The summed E-state index contributed by atoms with van der Waals surface area (Å²) < 4.78 is 19.2. The first-order valence-corrected chi connectivity index (χ1v) is 15.0. The summed E-state index contributed by atoms with van der Waals surface area (Å²) in [6, 6.07) is 9.93. The first kappa shape index (κ1) is 28.8. The maximum Gasteiger partial charge on any atom is 0.338 e. The minimum absolute atomic E-state index is 0.158. The molecule has 0 bridgehead atoms. The molecule has 0 spiro atoms. The molecule has 0 aliphatic carbocycles. The number of carbonyl (C=O) groups excluding carboxylic acids is 2. The normalized spacial score (nSPS) is 17.3. The maximum absolute atomic E-state index is 14.4. The van der Waals surface area contributed by atoms with Gasteiger partial charge in [0, 0.05) is 22.1 Å². The Labute approximate surface area is 249 Å². The Hall–Kier alpha value is -3.70. The molecule has 2 aliphatic heterocycles. The highest BCUT2D eigenvalue weighted by molar-refractivity contribution is 9.10. The monoisotopic (exact) mass is 639 g/mol. The molecule has 0 radical (unpaired) electrons. The van der Waals surface area contributed by atoms with Gasteiger partial charge in [-0.1, -0.05) is 40.6 Å². The highest BCUT2D eigenvalue weighted by Gasteiger charge is 2.38. The molecular weight excluding hydrogens is 610 g/mol. The standard InChI is InChI=1S/C30H30BrN3O6S/c1-6-9-20-24(29(37)40-8-3)25(19-15-17(38-4)11-13-22(19)39-5)34-28(36)26(41-30(34)32-20)23-18-14-16(31)10-12-21(18)33(7-2)27(23)35/h10-15,25H,6-9H2,1-5H3/b26-23-/t25-/m0/s1. The van der Waals surface area contributed by atoms with E-state index in [9.17, 15) is 14.4 Å². The minimum atomic E-state index is -0.910. The molecule has 41 heavy (non-hydrogen) atoms. The van der Waals surface area contributed by atoms with Crippen LogP contribution >= 0.6 is 27.3 Å². The molecule has 3 heterocycles. The van der Waals surface area contributed by atoms with E-state index < -0.39 is 17.6 Å². The molecule has 1 atom stereocenters. The smallest absolute Gasteiger partial charge is 0.338 e. The van der Waals surface area contributed by atoms with Gasteiger partial charge < -0.3 is 19.1 Å². The van der Waals surface area contributed by atoms with E-state index in [0.29, 0.717) is 51.7 Å². The second-order valence-corrected chi connectivity index (χ2v) is 11.3. The SMILES string of the molecule is CCCC1=C(C(=O)OCC)[C@H](c2cc(OC)ccc2OC)n2c(s/c(=C3\C(=O)N(CC)c4ccc(Br)cc43)c2=O)=N1. The summed E-state index contributed by atoms with van der Waals surface area (Å²) in [6.07, 6.45) is 1.21. The number of allylic oxidation sites excluding steroid dienone is 1. The number of amides is 1. The van der Waals surface area contributed by atoms with Crippen LogP contribution in [0.4, 0.5) is 5.69 Å². The molecule has 214 valence electrons. The fourth-order valence-corrected chi connectivity index (χ4v) is 6.83. The third-order valence-corrected chi connectivity index (χ3v) is 8.67. The zero-order chi connectivity index (χ0) is 29.4. The third-order valence-electron chi connectivity index (χ3n) is 7.12. The molecule has 5 rings (SSSR count). The van der Waals surface area contributed by atoms with Gasteiger partial charge in [0.1, 0.15) is 22.1 Å². The van der Waals surface area contributed by atoms with Gasteiger partial charge >= 0.3 is 5.97 Å². The lowest BCUT2D eigenvalue weighted by atomic mass is 9.93. The molecule has 9 nitrogen and oxygen atoms in total. The van der Waals surface area contributed by atoms with Crippen molar-refractivity contribution in [3.8, 4) is 11.5 Å². The van der Waals surface area contributed by atoms with Gasteiger partial charge in [0.2, 0.25) is 0 Å². The molecule has 11 heteroatoms. The summed E-state index contributed by atoms with van der Waals surface area (Å²) >= 11 is 4.66. The van der Waals surface area contributed by atoms with E-state index in [4.69, 9.17) is 19.2 Å². The molecular formula is C30H30BrN3O6S. The number of esters is 1. The predicted molar refractivity (Wildman–Crippen MR) is 160 cm³/mol. The van der Waals surface area contributed by atoms with Gasteiger partial charge in [-0.2, -0.15) is 0 Å². The summed E-state index contributed by atoms with van der Waals surface area (Å²) in [5.74, 6) is 0.193. The van der Waals surface area contributed by atoms with Crippen molar-refractivity contribution in [2.24, 2.45) is 4.99 Å². The molecule has 2 aliphatic rings. The lowest BCUT2D eigenvalue weighted by Gasteiger charge is -2.27. The van der Waals surface area contributed by atoms with Crippen molar-refractivity contribution in [2.75, 3.05) is 32.3 Å². The molecule has 0 N–H and O–H groups in total. The van der Waals surface area contributed by atoms with E-state index >= 15 is 0 Å². The van der Waals surface area contributed by atoms with Crippen molar-refractivity contribution in [2.45, 2.75) is 39.7 Å². The Morgan fingerprint density at radius 3 is 2.51 bits per heavy atom. The van der Waals surface area contributed by atoms with Crippen molar-refractivity contribution in [1.29, 1.82) is 0 Å². The number of methoxy groups -OCH3 is 2. The number of ether oxygens (including phenoxy) is 3. The number of hydrogen-bond acceptors (Lipinski definition) is 8. The molecule has 0 fully saturated rings. The van der Waals surface area contributed by atoms with E-state index in [1.807, 2.05) is 32.0 Å². The Morgan fingerprint density at radius 2 is 1.85 bits per heavy atom. The maximum atomic E-state index is 14.4. The van der Waals surface area contributed by atoms with Crippen LogP contribution < -0.4 is 29.3 Å². The average molecular weight is 641 g/mol. The van der Waals surface area contributed by atoms with E-state index in [2.05, 4.69) is 15.9 Å². The van der Waals surface area contributed by atoms with Gasteiger partial charge in [0.05, 0.1) is 43.4 Å². The van der Waals surface area contributed by atoms with Gasteiger partial charge in [-0.25, -0.2) is 9.79 Å². The lowest BCUT2D eigenvalue weighted by molar-refractivity contribution is -0.139. The highest BCUT2D eigenvalue weighted by atomic mass is 79.9. The first-order valence-electron chi connectivity index (χ1n) is 13.4. The van der Waals surface area contributed by atoms with Crippen LogP contribution in [0.15, 0.2) is 61.9 Å². The molecule has 3 aromatic rings. The van der Waals surface area contributed by atoms with Crippen molar-refractivity contribution < 1.29 is 23.8 Å². The van der Waals surface area contributed by atoms with Crippen LogP contribution in [0.5, 0.6) is 11.5 Å². The quantitative estimate of drug-likeness (QED) is 0.344. The lowest BCUT2D eigenvalue weighted by Crippen LogP contribution is -2.41. The Kier molecular flexibility index (Phi) is 8.19. The van der Waals surface area contributed by atoms with Gasteiger partial charge in [0.15, 0.2) is 4.80 Å². The Bertz CT molecular complexity index is 1770. The highest BCUT2D eigenvalue weighted by Crippen LogP contribution is 2.40. The number of rotatable bonds is 8. The third kappa shape index (κ3) is 4.80. The zero-order valence-electron chi connectivity index (χ0n) is 23.4. The topological polar surface area (TPSA) is 99.4 Å². The average Bonchev–Trinajstić information content (AvgIpc) is 3.43. The van der Waals surface area contributed by atoms with Gasteiger partial charge in [-0.15, -0.1) is 0 Å². The van der Waals surface area contributed by atoms with Crippen LogP contribution in [0.3, 0.4) is 0 Å². The number of anilines is 1. The van der Waals surface area contributed by atoms with Crippen LogP contribution in [0.2, 0.25) is 0 Å². The number of hydrogen-bond donors (Lipinski definition) is 0. The number of carbonyl (C=O) groups is 2. The van der Waals surface area contributed by atoms with Crippen LogP contribution in [0.1, 0.15) is 50.8 Å². The fraction of sp³-hybridized carbons (Fsp3) is 0.333. The summed E-state index contributed by atoms with van der Waals surface area (Å²) in [6.45, 7) is 6.23. The number of benzene rings is 2. The van der Waals surface area contributed by atoms with Crippen LogP contribution in [0.25, 0.3) is 5.57 Å². The first-order chi connectivity index (χ1) is 19.8. The summed E-state index contributed by atoms with van der Waals surface area (Å²) in [5, 5.41) is 0. The predicted octanol–water partition coefficient (Wildman–Crippen LogP) is 4.09. The molecule has 0 unspecified atom stereocenters. The minimum Gasteiger partial charge on any atom is -0.497 e. The van der Waals surface area contributed by atoms with E-state index in [1.54, 1.807) is 37.1 Å². The largest absolute Gasteiger partial charge is 0.497 e. The van der Waals surface area contributed by atoms with E-state index in [-0.39, 0.29) is 22.6 Å². The van der Waals surface area contributed by atoms with E-state index in [1.165, 1.54) is 11.7 Å². The fourth-order valence-electron chi connectivity index (χ4n) is 5.36. The Morgan fingerprint density at radius 1 is 1.07 bits per heavy atom. The zero-order valence-corrected chi connectivity index (χ0v) is 25.8. The van der Waals surface area contributed by atoms with Crippen LogP contribution in [-0.2, 0) is 14.3 Å². The van der Waals surface area contributed by atoms with Crippen molar-refractivity contribution in [3.05, 3.63) is 83.0 Å². The van der Waals surface area contributed by atoms with Crippen molar-refractivity contribution in [1.82, 2.24) is 4.57 Å². The number of thiazole rings is 1. The molecule has 1 aromatic heterocycles. The van der Waals surface area contributed by atoms with Gasteiger partial charge in [-0.3, -0.25) is 14.2 Å². The summed E-state index contributed by atoms with van der Waals surface area (Å²) in [4.78, 5) is 48.6. The van der Waals surface area contributed by atoms with Crippen LogP contribution in [-0.4, -0.2) is 43.8 Å². The van der Waals surface area contributed by atoms with E-state index in [0.717, 1.165) is 27.9 Å². The molecule has 0 saturated heterocycles. The summed E-state index contributed by atoms with van der Waals surface area (Å²) in [5.41, 5.74) is 2.66. The van der Waals surface area contributed by atoms with Crippen LogP contribution in [0, 0.1) is 0 Å². The second kappa shape index (κ2) is 11.7. The number of halogens is 1. The molecule has 0 saturated carbocycles. The van der Waals surface area contributed by atoms with Gasteiger partial charge in [0.25, 0.3) is 11.5 Å². The molecule has 1 amide bonds.